The van der Waals surface area contributed by atoms with E-state index >= 15 is 0 Å². The lowest BCUT2D eigenvalue weighted by atomic mass is 10.0. The molecule has 0 aromatic heterocycles. The first-order valence-corrected chi connectivity index (χ1v) is 6.57. The number of hydrogen-bond donors (Lipinski definition) is 0. The summed E-state index contributed by atoms with van der Waals surface area (Å²) in [5, 5.41) is 0.366. The van der Waals surface area contributed by atoms with Crippen molar-refractivity contribution in [3.63, 3.8) is 0 Å². The van der Waals surface area contributed by atoms with Gasteiger partial charge in [0, 0.05) is 24.8 Å². The van der Waals surface area contributed by atoms with Crippen molar-refractivity contribution < 1.29 is 19.1 Å². The van der Waals surface area contributed by atoms with Crippen molar-refractivity contribution >= 4 is 23.2 Å². The minimum atomic E-state index is -0.118. The maximum Gasteiger partial charge on any atom is 0.179 e. The van der Waals surface area contributed by atoms with Gasteiger partial charge in [0.2, 0.25) is 0 Å². The first kappa shape index (κ1) is 13.9. The van der Waals surface area contributed by atoms with E-state index in [0.717, 1.165) is 6.42 Å². The summed E-state index contributed by atoms with van der Waals surface area (Å²) in [6.07, 6.45) is 1.20. The van der Waals surface area contributed by atoms with Crippen molar-refractivity contribution in [3.8, 4) is 11.5 Å². The lowest BCUT2D eigenvalue weighted by Gasteiger charge is -2.10. The van der Waals surface area contributed by atoms with Gasteiger partial charge in [0.25, 0.3) is 0 Å². The number of halogens is 1. The number of benzene rings is 1. The van der Waals surface area contributed by atoms with Gasteiger partial charge in [-0.25, -0.2) is 0 Å². The molecule has 0 atom stereocenters. The summed E-state index contributed by atoms with van der Waals surface area (Å²) in [5.74, 6) is 0.861. The van der Waals surface area contributed by atoms with Gasteiger partial charge in [-0.05, 0) is 19.1 Å². The Morgan fingerprint density at radius 2 is 1.95 bits per heavy atom. The van der Waals surface area contributed by atoms with E-state index in [1.807, 2.05) is 0 Å². The largest absolute Gasteiger partial charge is 0.489 e. The molecule has 0 saturated carbocycles. The molecule has 0 fully saturated rings. The number of hydrogen-bond acceptors (Lipinski definition) is 4. The highest BCUT2D eigenvalue weighted by Crippen LogP contribution is 2.38. The van der Waals surface area contributed by atoms with Crippen LogP contribution in [-0.4, -0.2) is 24.8 Å². The maximum atomic E-state index is 12.0. The number of carbonyl (C=O) groups excluding carboxylic acids is 2. The fraction of sp³-hybridized carbons (Fsp3) is 0.429. The number of fused-ring (bicyclic) bond motifs is 1. The van der Waals surface area contributed by atoms with E-state index in [1.54, 1.807) is 12.1 Å². The van der Waals surface area contributed by atoms with Gasteiger partial charge in [-0.1, -0.05) is 11.6 Å². The molecule has 1 aromatic carbocycles. The Bertz CT molecular complexity index is 510. The zero-order valence-electron chi connectivity index (χ0n) is 10.7. The van der Waals surface area contributed by atoms with E-state index in [1.165, 1.54) is 6.92 Å². The third-order valence-corrected chi connectivity index (χ3v) is 3.11. The molecule has 1 heterocycles. The molecule has 0 radical (unpaired) electrons. The van der Waals surface area contributed by atoms with Gasteiger partial charge in [-0.2, -0.15) is 0 Å². The quantitative estimate of drug-likeness (QED) is 0.797. The maximum absolute atomic E-state index is 12.0. The molecule has 1 aliphatic rings. The van der Waals surface area contributed by atoms with Gasteiger partial charge in [-0.15, -0.1) is 0 Å². The van der Waals surface area contributed by atoms with Crippen LogP contribution in [0.2, 0.25) is 5.02 Å². The summed E-state index contributed by atoms with van der Waals surface area (Å²) in [6, 6.07) is 3.20. The molecule has 1 aromatic rings. The highest BCUT2D eigenvalue weighted by Gasteiger charge is 2.18. The number of rotatable bonds is 4. The van der Waals surface area contributed by atoms with Gasteiger partial charge in [0.1, 0.15) is 5.78 Å². The van der Waals surface area contributed by atoms with E-state index in [2.05, 4.69) is 0 Å². The Morgan fingerprint density at radius 3 is 2.68 bits per heavy atom. The van der Waals surface area contributed by atoms with Crippen molar-refractivity contribution in [3.05, 3.63) is 22.7 Å². The minimum absolute atomic E-state index is 0.00575. The van der Waals surface area contributed by atoms with Gasteiger partial charge in [0.05, 0.1) is 18.2 Å². The SMILES string of the molecule is CC(=O)CCC(=O)c1cc(Cl)c2c(c1)OCCCO2. The molecule has 5 heteroatoms. The molecule has 0 spiro atoms. The van der Waals surface area contributed by atoms with Gasteiger partial charge >= 0.3 is 0 Å². The lowest BCUT2D eigenvalue weighted by Crippen LogP contribution is -2.03. The van der Waals surface area contributed by atoms with Crippen LogP contribution in [0.5, 0.6) is 11.5 Å². The Balaban J connectivity index is 2.23. The van der Waals surface area contributed by atoms with Crippen LogP contribution in [0, 0.1) is 0 Å². The molecule has 0 unspecified atom stereocenters. The fourth-order valence-corrected chi connectivity index (χ4v) is 2.09. The predicted octanol–water partition coefficient (Wildman–Crippen LogP) is 3.05. The summed E-state index contributed by atoms with van der Waals surface area (Å²) < 4.78 is 11.0. The van der Waals surface area contributed by atoms with Crippen LogP contribution in [0.1, 0.15) is 36.5 Å². The first-order chi connectivity index (χ1) is 9.08. The Labute approximate surface area is 116 Å². The van der Waals surface area contributed by atoms with E-state index in [-0.39, 0.29) is 24.4 Å². The zero-order valence-corrected chi connectivity index (χ0v) is 11.5. The van der Waals surface area contributed by atoms with Crippen LogP contribution in [0.25, 0.3) is 0 Å². The zero-order chi connectivity index (χ0) is 13.8. The summed E-state index contributed by atoms with van der Waals surface area (Å²) in [6.45, 7) is 2.55. The summed E-state index contributed by atoms with van der Waals surface area (Å²) in [4.78, 5) is 22.9. The number of carbonyl (C=O) groups is 2. The van der Waals surface area contributed by atoms with Crippen molar-refractivity contribution in [2.75, 3.05) is 13.2 Å². The van der Waals surface area contributed by atoms with E-state index in [4.69, 9.17) is 21.1 Å². The topological polar surface area (TPSA) is 52.6 Å². The van der Waals surface area contributed by atoms with Crippen molar-refractivity contribution in [1.29, 1.82) is 0 Å². The Morgan fingerprint density at radius 1 is 1.21 bits per heavy atom. The molecule has 102 valence electrons. The van der Waals surface area contributed by atoms with Gasteiger partial charge < -0.3 is 14.3 Å². The van der Waals surface area contributed by atoms with Crippen LogP contribution >= 0.6 is 11.6 Å². The molecule has 0 amide bonds. The predicted molar refractivity (Wildman–Crippen MR) is 71.3 cm³/mol. The molecular weight excluding hydrogens is 268 g/mol. The molecule has 0 bridgehead atoms. The first-order valence-electron chi connectivity index (χ1n) is 6.19. The average molecular weight is 283 g/mol. The molecule has 0 N–H and O–H groups in total. The van der Waals surface area contributed by atoms with Crippen LogP contribution < -0.4 is 9.47 Å². The van der Waals surface area contributed by atoms with Crippen molar-refractivity contribution in [1.82, 2.24) is 0 Å². The van der Waals surface area contributed by atoms with Crippen LogP contribution in [0.3, 0.4) is 0 Å². The molecule has 4 nitrogen and oxygen atoms in total. The highest BCUT2D eigenvalue weighted by molar-refractivity contribution is 6.32. The van der Waals surface area contributed by atoms with E-state index < -0.39 is 0 Å². The smallest absolute Gasteiger partial charge is 0.179 e. The van der Waals surface area contributed by atoms with Crippen LogP contribution in [0.4, 0.5) is 0 Å². The summed E-state index contributed by atoms with van der Waals surface area (Å²) in [7, 11) is 0. The van der Waals surface area contributed by atoms with E-state index in [0.29, 0.717) is 35.3 Å². The molecular formula is C14H15ClO4. The average Bonchev–Trinajstić information content (AvgIpc) is 2.61. The lowest BCUT2D eigenvalue weighted by molar-refractivity contribution is -0.116. The second kappa shape index (κ2) is 6.06. The number of ketones is 2. The van der Waals surface area contributed by atoms with Crippen LogP contribution in [0.15, 0.2) is 12.1 Å². The van der Waals surface area contributed by atoms with Crippen molar-refractivity contribution in [2.24, 2.45) is 0 Å². The Hall–Kier alpha value is -1.55. The molecule has 0 saturated heterocycles. The van der Waals surface area contributed by atoms with Crippen molar-refractivity contribution in [2.45, 2.75) is 26.2 Å². The van der Waals surface area contributed by atoms with E-state index in [9.17, 15) is 9.59 Å². The Kier molecular flexibility index (Phi) is 4.43. The minimum Gasteiger partial charge on any atom is -0.489 e. The second-order valence-electron chi connectivity index (χ2n) is 4.46. The fourth-order valence-electron chi connectivity index (χ4n) is 1.83. The number of ether oxygens (including phenoxy) is 2. The molecule has 2 rings (SSSR count). The summed E-state index contributed by atoms with van der Waals surface area (Å²) >= 11 is 6.10. The van der Waals surface area contributed by atoms with Crippen LogP contribution in [-0.2, 0) is 4.79 Å². The standard InChI is InChI=1S/C14H15ClO4/c1-9(16)3-4-12(17)10-7-11(15)14-13(8-10)18-5-2-6-19-14/h7-8H,2-6H2,1H3. The monoisotopic (exact) mass is 282 g/mol. The molecule has 0 aliphatic carbocycles. The van der Waals surface area contributed by atoms with Gasteiger partial charge in [0.15, 0.2) is 17.3 Å². The second-order valence-corrected chi connectivity index (χ2v) is 4.87. The van der Waals surface area contributed by atoms with Gasteiger partial charge in [-0.3, -0.25) is 4.79 Å². The molecule has 19 heavy (non-hydrogen) atoms. The third kappa shape index (κ3) is 3.47. The third-order valence-electron chi connectivity index (χ3n) is 2.83. The highest BCUT2D eigenvalue weighted by atomic mass is 35.5. The number of Topliss-reactive ketones (excluding diaryl/α,β-unsaturated/α-hetero) is 2. The normalized spacial score (nSPS) is 13.8. The summed E-state index contributed by atoms with van der Waals surface area (Å²) in [5.41, 5.74) is 0.454. The molecule has 1 aliphatic heterocycles.